The summed E-state index contributed by atoms with van der Waals surface area (Å²) in [4.78, 5) is 35.0. The number of rotatable bonds is 3. The summed E-state index contributed by atoms with van der Waals surface area (Å²) in [5.74, 6) is 0.631. The number of nitrogen functional groups attached to an aromatic ring is 1. The second-order valence-electron chi connectivity index (χ2n) is 7.60. The Morgan fingerprint density at radius 3 is 2.59 bits per heavy atom. The average Bonchev–Trinajstić information content (AvgIpc) is 3.16. The highest BCUT2D eigenvalue weighted by Crippen LogP contribution is 2.31. The van der Waals surface area contributed by atoms with Gasteiger partial charge in [-0.05, 0) is 25.7 Å². The fourth-order valence-corrected chi connectivity index (χ4v) is 4.25. The van der Waals surface area contributed by atoms with E-state index in [1.165, 1.54) is 6.07 Å². The predicted octanol–water partition coefficient (Wildman–Crippen LogP) is 1.91. The molecule has 4 rings (SSSR count). The summed E-state index contributed by atoms with van der Waals surface area (Å²) in [6.45, 7) is 3.08. The number of aromatic nitrogens is 3. The van der Waals surface area contributed by atoms with Crippen molar-refractivity contribution < 1.29 is 4.79 Å². The van der Waals surface area contributed by atoms with Crippen LogP contribution in [-0.4, -0.2) is 44.5 Å². The normalized spacial score (nSPS) is 18.9. The van der Waals surface area contributed by atoms with Crippen LogP contribution in [0.1, 0.15) is 51.5 Å². The highest BCUT2D eigenvalue weighted by molar-refractivity contribution is 5.87. The molecule has 1 aliphatic carbocycles. The zero-order valence-electron chi connectivity index (χ0n) is 15.6. The molecule has 144 valence electrons. The van der Waals surface area contributed by atoms with Gasteiger partial charge in [0.25, 0.3) is 5.56 Å². The number of piperidine rings is 1. The Morgan fingerprint density at radius 1 is 1.22 bits per heavy atom. The number of nitrogens with zero attached hydrogens (tertiary/aromatic N) is 4. The van der Waals surface area contributed by atoms with Gasteiger partial charge in [0, 0.05) is 50.0 Å². The minimum Gasteiger partial charge on any atom is -0.398 e. The number of carbonyl (C=O) groups is 1. The number of anilines is 2. The van der Waals surface area contributed by atoms with Gasteiger partial charge in [-0.15, -0.1) is 0 Å². The number of fused-ring (bicyclic) bond motifs is 1. The molecule has 1 saturated carbocycles. The van der Waals surface area contributed by atoms with Gasteiger partial charge < -0.3 is 16.0 Å². The van der Waals surface area contributed by atoms with E-state index in [2.05, 4.69) is 15.3 Å². The van der Waals surface area contributed by atoms with Gasteiger partial charge in [-0.2, -0.15) is 4.98 Å². The molecular formula is C19H26N6O2. The van der Waals surface area contributed by atoms with Gasteiger partial charge >= 0.3 is 0 Å². The Hall–Kier alpha value is -2.64. The number of pyridine rings is 1. The number of carbonyl (C=O) groups excluding carboxylic acids is 1. The lowest BCUT2D eigenvalue weighted by molar-refractivity contribution is -0.129. The minimum absolute atomic E-state index is 0.0914. The fourth-order valence-electron chi connectivity index (χ4n) is 4.25. The van der Waals surface area contributed by atoms with E-state index in [-0.39, 0.29) is 23.6 Å². The second-order valence-corrected chi connectivity index (χ2v) is 7.60. The van der Waals surface area contributed by atoms with Crippen LogP contribution in [0.3, 0.4) is 0 Å². The molecule has 3 N–H and O–H groups in total. The SMILES string of the molecule is CC(=O)N1CCC(Nc2ncc3c(N)cc(=O)n(C4CCCC4)c3n2)CC1. The van der Waals surface area contributed by atoms with E-state index in [1.54, 1.807) is 17.7 Å². The Bertz CT molecular complexity index is 910. The topological polar surface area (TPSA) is 106 Å². The van der Waals surface area contributed by atoms with Crippen molar-refractivity contribution in [3.8, 4) is 0 Å². The summed E-state index contributed by atoms with van der Waals surface area (Å²) < 4.78 is 1.80. The standard InChI is InChI=1S/C19H26N6O2/c1-12(26)24-8-6-13(7-9-24)22-19-21-11-15-16(20)10-17(27)25(18(15)23-19)14-4-2-3-5-14/h10-11,13-14H,2-9,20H2,1H3,(H,21,22,23). The number of nitrogens with two attached hydrogens (primary N) is 1. The maximum atomic E-state index is 12.6. The van der Waals surface area contributed by atoms with Gasteiger partial charge in [0.05, 0.1) is 5.39 Å². The van der Waals surface area contributed by atoms with Crippen molar-refractivity contribution in [2.45, 2.75) is 57.5 Å². The lowest BCUT2D eigenvalue weighted by Crippen LogP contribution is -2.41. The lowest BCUT2D eigenvalue weighted by Gasteiger charge is -2.31. The summed E-state index contributed by atoms with van der Waals surface area (Å²) in [7, 11) is 0. The number of hydrogen-bond acceptors (Lipinski definition) is 6. The molecule has 0 bridgehead atoms. The molecule has 8 nitrogen and oxygen atoms in total. The van der Waals surface area contributed by atoms with E-state index >= 15 is 0 Å². The highest BCUT2D eigenvalue weighted by atomic mass is 16.2. The summed E-state index contributed by atoms with van der Waals surface area (Å²) in [5, 5.41) is 4.09. The van der Waals surface area contributed by atoms with Gasteiger partial charge in [0.2, 0.25) is 11.9 Å². The Balaban J connectivity index is 1.62. The molecule has 0 radical (unpaired) electrons. The monoisotopic (exact) mass is 370 g/mol. The highest BCUT2D eigenvalue weighted by Gasteiger charge is 2.24. The van der Waals surface area contributed by atoms with Crippen molar-refractivity contribution in [1.82, 2.24) is 19.4 Å². The largest absolute Gasteiger partial charge is 0.398 e. The van der Waals surface area contributed by atoms with E-state index in [4.69, 9.17) is 5.73 Å². The molecule has 2 aromatic heterocycles. The molecule has 0 unspecified atom stereocenters. The molecule has 2 fully saturated rings. The zero-order chi connectivity index (χ0) is 19.0. The molecule has 8 heteroatoms. The van der Waals surface area contributed by atoms with Crippen molar-refractivity contribution >= 4 is 28.6 Å². The first-order valence-electron chi connectivity index (χ1n) is 9.73. The molecule has 0 aromatic carbocycles. The van der Waals surface area contributed by atoms with E-state index < -0.39 is 0 Å². The fraction of sp³-hybridized carbons (Fsp3) is 0.579. The number of likely N-dealkylation sites (tertiary alicyclic amines) is 1. The van der Waals surface area contributed by atoms with Crippen molar-refractivity contribution in [2.24, 2.45) is 0 Å². The molecule has 2 aliphatic rings. The first kappa shape index (κ1) is 17.8. The van der Waals surface area contributed by atoms with E-state index in [0.717, 1.165) is 57.0 Å². The van der Waals surface area contributed by atoms with Gasteiger partial charge in [0.1, 0.15) is 0 Å². The maximum Gasteiger partial charge on any atom is 0.254 e. The van der Waals surface area contributed by atoms with Crippen LogP contribution in [0.5, 0.6) is 0 Å². The van der Waals surface area contributed by atoms with Crippen molar-refractivity contribution in [3.05, 3.63) is 22.6 Å². The number of nitrogens with one attached hydrogen (secondary N) is 1. The Kier molecular flexibility index (Phi) is 4.72. The maximum absolute atomic E-state index is 12.6. The smallest absolute Gasteiger partial charge is 0.254 e. The molecule has 0 spiro atoms. The van der Waals surface area contributed by atoms with Crippen LogP contribution in [0.15, 0.2) is 17.1 Å². The van der Waals surface area contributed by atoms with Crippen LogP contribution in [-0.2, 0) is 4.79 Å². The molecule has 2 aromatic rings. The van der Waals surface area contributed by atoms with E-state index in [0.29, 0.717) is 17.3 Å². The first-order valence-corrected chi connectivity index (χ1v) is 9.73. The van der Waals surface area contributed by atoms with Gasteiger partial charge in [-0.1, -0.05) is 12.8 Å². The first-order chi connectivity index (χ1) is 13.0. The van der Waals surface area contributed by atoms with Crippen LogP contribution >= 0.6 is 0 Å². The summed E-state index contributed by atoms with van der Waals surface area (Å²) in [6.07, 6.45) is 7.67. The molecule has 1 saturated heterocycles. The van der Waals surface area contributed by atoms with Crippen molar-refractivity contribution in [1.29, 1.82) is 0 Å². The molecule has 27 heavy (non-hydrogen) atoms. The third-order valence-corrected chi connectivity index (χ3v) is 5.79. The lowest BCUT2D eigenvalue weighted by atomic mass is 10.1. The summed E-state index contributed by atoms with van der Waals surface area (Å²) >= 11 is 0. The van der Waals surface area contributed by atoms with Crippen molar-refractivity contribution in [3.63, 3.8) is 0 Å². The summed E-state index contributed by atoms with van der Waals surface area (Å²) in [5.41, 5.74) is 7.00. The van der Waals surface area contributed by atoms with Crippen LogP contribution in [0.2, 0.25) is 0 Å². The van der Waals surface area contributed by atoms with Crippen LogP contribution in [0, 0.1) is 0 Å². The molecular weight excluding hydrogens is 344 g/mol. The number of amides is 1. The molecule has 1 aliphatic heterocycles. The third-order valence-electron chi connectivity index (χ3n) is 5.79. The van der Waals surface area contributed by atoms with Gasteiger partial charge in [-0.25, -0.2) is 4.98 Å². The van der Waals surface area contributed by atoms with Gasteiger partial charge in [-0.3, -0.25) is 14.2 Å². The predicted molar refractivity (Wildman–Crippen MR) is 105 cm³/mol. The summed E-state index contributed by atoms with van der Waals surface area (Å²) in [6, 6.07) is 1.88. The van der Waals surface area contributed by atoms with Crippen molar-refractivity contribution in [2.75, 3.05) is 24.1 Å². The minimum atomic E-state index is -0.0914. The zero-order valence-corrected chi connectivity index (χ0v) is 15.6. The molecule has 0 atom stereocenters. The van der Waals surface area contributed by atoms with E-state index in [1.807, 2.05) is 4.90 Å². The van der Waals surface area contributed by atoms with E-state index in [9.17, 15) is 9.59 Å². The number of hydrogen-bond donors (Lipinski definition) is 2. The van der Waals surface area contributed by atoms with Crippen LogP contribution in [0.25, 0.3) is 11.0 Å². The van der Waals surface area contributed by atoms with Crippen LogP contribution < -0.4 is 16.6 Å². The Morgan fingerprint density at radius 2 is 1.93 bits per heavy atom. The quantitative estimate of drug-likeness (QED) is 0.855. The molecule has 1 amide bonds. The second kappa shape index (κ2) is 7.17. The molecule has 3 heterocycles. The third kappa shape index (κ3) is 3.48. The van der Waals surface area contributed by atoms with Crippen LogP contribution in [0.4, 0.5) is 11.6 Å². The average molecular weight is 370 g/mol. The van der Waals surface area contributed by atoms with Gasteiger partial charge in [0.15, 0.2) is 5.65 Å². The Labute approximate surface area is 157 Å².